The summed E-state index contributed by atoms with van der Waals surface area (Å²) in [6, 6.07) is 7.34. The Bertz CT molecular complexity index is 420. The van der Waals surface area contributed by atoms with Gasteiger partial charge in [-0.3, -0.25) is 9.63 Å². The maximum Gasteiger partial charge on any atom is 0.332 e. The minimum Gasteiger partial charge on any atom is -0.480 e. The van der Waals surface area contributed by atoms with Crippen molar-refractivity contribution in [3.63, 3.8) is 0 Å². The minimum absolute atomic E-state index is 0.457. The van der Waals surface area contributed by atoms with Crippen LogP contribution in [0.4, 0.5) is 0 Å². The zero-order valence-corrected chi connectivity index (χ0v) is 8.88. The fourth-order valence-corrected chi connectivity index (χ4v) is 1.56. The van der Waals surface area contributed by atoms with Crippen LogP contribution in [-0.4, -0.2) is 29.7 Å². The summed E-state index contributed by atoms with van der Waals surface area (Å²) < 4.78 is 5.39. The van der Waals surface area contributed by atoms with E-state index in [1.54, 1.807) is 6.07 Å². The zero-order valence-electron chi connectivity index (χ0n) is 8.88. The molecule has 1 aromatic carbocycles. The van der Waals surface area contributed by atoms with Crippen LogP contribution in [0, 0.1) is 0 Å². The summed E-state index contributed by atoms with van der Waals surface area (Å²) in [7, 11) is 0. The third-order valence-electron chi connectivity index (χ3n) is 2.31. The fraction of sp³-hybridized carbons (Fsp3) is 0.273. The SMILES string of the molecule is O=C(O)CONC(=O)C1Cc2ccccc2O1. The van der Waals surface area contributed by atoms with Gasteiger partial charge in [0.05, 0.1) is 0 Å². The molecular weight excluding hydrogens is 226 g/mol. The molecule has 0 radical (unpaired) electrons. The number of rotatable bonds is 4. The van der Waals surface area contributed by atoms with Gasteiger partial charge in [-0.1, -0.05) is 18.2 Å². The van der Waals surface area contributed by atoms with Crippen LogP contribution in [-0.2, 0) is 20.8 Å². The number of hydrogen-bond donors (Lipinski definition) is 2. The van der Waals surface area contributed by atoms with E-state index in [4.69, 9.17) is 9.84 Å². The van der Waals surface area contributed by atoms with Crippen molar-refractivity contribution in [3.8, 4) is 5.75 Å². The lowest BCUT2D eigenvalue weighted by Crippen LogP contribution is -2.38. The molecule has 0 fully saturated rings. The van der Waals surface area contributed by atoms with E-state index in [0.29, 0.717) is 12.2 Å². The molecule has 0 spiro atoms. The Balaban J connectivity index is 1.86. The number of nitrogens with one attached hydrogen (secondary N) is 1. The van der Waals surface area contributed by atoms with Crippen LogP contribution in [0.3, 0.4) is 0 Å². The van der Waals surface area contributed by atoms with Crippen LogP contribution in [0.15, 0.2) is 24.3 Å². The molecule has 1 aromatic rings. The van der Waals surface area contributed by atoms with E-state index in [0.717, 1.165) is 5.56 Å². The highest BCUT2D eigenvalue weighted by Gasteiger charge is 2.28. The van der Waals surface area contributed by atoms with Crippen molar-refractivity contribution in [3.05, 3.63) is 29.8 Å². The average molecular weight is 237 g/mol. The standard InChI is InChI=1S/C11H11NO5/c13-10(14)6-16-12-11(15)9-5-7-3-1-2-4-8(7)17-9/h1-4,9H,5-6H2,(H,12,15)(H,13,14). The van der Waals surface area contributed by atoms with E-state index in [-0.39, 0.29) is 0 Å². The number of hydroxylamine groups is 1. The number of carbonyl (C=O) groups is 2. The maximum absolute atomic E-state index is 11.5. The zero-order chi connectivity index (χ0) is 12.3. The number of fused-ring (bicyclic) bond motifs is 1. The summed E-state index contributed by atoms with van der Waals surface area (Å²) in [6.45, 7) is -0.578. The van der Waals surface area contributed by atoms with E-state index in [1.165, 1.54) is 0 Å². The second-order valence-electron chi connectivity index (χ2n) is 3.57. The van der Waals surface area contributed by atoms with Crippen LogP contribution in [0.2, 0.25) is 0 Å². The van der Waals surface area contributed by atoms with E-state index in [2.05, 4.69) is 4.84 Å². The summed E-state index contributed by atoms with van der Waals surface area (Å²) in [5, 5.41) is 8.33. The first-order valence-electron chi connectivity index (χ1n) is 5.05. The largest absolute Gasteiger partial charge is 0.480 e. The molecule has 0 aromatic heterocycles. The van der Waals surface area contributed by atoms with Crippen LogP contribution in [0.25, 0.3) is 0 Å². The van der Waals surface area contributed by atoms with E-state index < -0.39 is 24.6 Å². The highest BCUT2D eigenvalue weighted by atomic mass is 16.7. The van der Waals surface area contributed by atoms with Gasteiger partial charge in [-0.15, -0.1) is 0 Å². The molecule has 1 unspecified atom stereocenters. The number of para-hydroxylation sites is 1. The fourth-order valence-electron chi connectivity index (χ4n) is 1.56. The van der Waals surface area contributed by atoms with Gasteiger partial charge in [0.1, 0.15) is 5.75 Å². The van der Waals surface area contributed by atoms with E-state index in [9.17, 15) is 9.59 Å². The topological polar surface area (TPSA) is 84.9 Å². The molecule has 1 atom stereocenters. The molecule has 2 N–H and O–H groups in total. The smallest absolute Gasteiger partial charge is 0.332 e. The second-order valence-corrected chi connectivity index (χ2v) is 3.57. The van der Waals surface area contributed by atoms with Crippen molar-refractivity contribution >= 4 is 11.9 Å². The molecule has 0 saturated heterocycles. The molecule has 6 nitrogen and oxygen atoms in total. The summed E-state index contributed by atoms with van der Waals surface area (Å²) >= 11 is 0. The molecule has 90 valence electrons. The summed E-state index contributed by atoms with van der Waals surface area (Å²) in [5.74, 6) is -0.964. The molecule has 6 heteroatoms. The number of hydrogen-bond acceptors (Lipinski definition) is 4. The van der Waals surface area contributed by atoms with Gasteiger partial charge in [-0.05, 0) is 11.6 Å². The van der Waals surface area contributed by atoms with Gasteiger partial charge in [-0.25, -0.2) is 10.3 Å². The Morgan fingerprint density at radius 3 is 2.94 bits per heavy atom. The molecule has 1 aliphatic heterocycles. The first-order valence-corrected chi connectivity index (χ1v) is 5.05. The number of amides is 1. The van der Waals surface area contributed by atoms with Crippen molar-refractivity contribution < 1.29 is 24.3 Å². The maximum atomic E-state index is 11.5. The number of carbonyl (C=O) groups excluding carboxylic acids is 1. The van der Waals surface area contributed by atoms with Crippen molar-refractivity contribution in [1.82, 2.24) is 5.48 Å². The molecule has 2 rings (SSSR count). The minimum atomic E-state index is -1.15. The molecule has 0 aliphatic carbocycles. The number of aliphatic carboxylic acids is 1. The average Bonchev–Trinajstić information content (AvgIpc) is 2.71. The van der Waals surface area contributed by atoms with Crippen LogP contribution in [0.5, 0.6) is 5.75 Å². The highest BCUT2D eigenvalue weighted by molar-refractivity contribution is 5.81. The molecule has 1 aliphatic rings. The van der Waals surface area contributed by atoms with Crippen LogP contribution < -0.4 is 10.2 Å². The number of benzene rings is 1. The third-order valence-corrected chi connectivity index (χ3v) is 2.31. The van der Waals surface area contributed by atoms with Crippen molar-refractivity contribution in [2.45, 2.75) is 12.5 Å². The van der Waals surface area contributed by atoms with Gasteiger partial charge >= 0.3 is 5.97 Å². The lowest BCUT2D eigenvalue weighted by molar-refractivity contribution is -0.151. The summed E-state index contributed by atoms with van der Waals surface area (Å²) in [6.07, 6.45) is -0.209. The molecule has 1 amide bonds. The Kier molecular flexibility index (Phi) is 3.24. The Morgan fingerprint density at radius 1 is 1.47 bits per heavy atom. The molecule has 0 bridgehead atoms. The van der Waals surface area contributed by atoms with E-state index in [1.807, 2.05) is 23.7 Å². The predicted molar refractivity (Wildman–Crippen MR) is 56.3 cm³/mol. The molecule has 17 heavy (non-hydrogen) atoms. The Labute approximate surface area is 97.1 Å². The lowest BCUT2D eigenvalue weighted by atomic mass is 10.1. The van der Waals surface area contributed by atoms with Gasteiger partial charge in [-0.2, -0.15) is 0 Å². The highest BCUT2D eigenvalue weighted by Crippen LogP contribution is 2.27. The Hall–Kier alpha value is -2.08. The van der Waals surface area contributed by atoms with Crippen molar-refractivity contribution in [1.29, 1.82) is 0 Å². The normalized spacial score (nSPS) is 17.1. The first kappa shape index (κ1) is 11.4. The number of carboxylic acid groups (broad SMARTS) is 1. The monoisotopic (exact) mass is 237 g/mol. The summed E-state index contributed by atoms with van der Waals surface area (Å²) in [5.41, 5.74) is 3.00. The van der Waals surface area contributed by atoms with Crippen molar-refractivity contribution in [2.24, 2.45) is 0 Å². The number of carboxylic acids is 1. The van der Waals surface area contributed by atoms with Crippen LogP contribution in [0.1, 0.15) is 5.56 Å². The van der Waals surface area contributed by atoms with Gasteiger partial charge in [0.15, 0.2) is 12.7 Å². The Morgan fingerprint density at radius 2 is 2.24 bits per heavy atom. The third kappa shape index (κ3) is 2.73. The lowest BCUT2D eigenvalue weighted by Gasteiger charge is -2.10. The molecule has 1 heterocycles. The second kappa shape index (κ2) is 4.84. The van der Waals surface area contributed by atoms with Crippen LogP contribution >= 0.6 is 0 Å². The van der Waals surface area contributed by atoms with Gasteiger partial charge in [0.2, 0.25) is 0 Å². The van der Waals surface area contributed by atoms with Crippen molar-refractivity contribution in [2.75, 3.05) is 6.61 Å². The molecular formula is C11H11NO5. The van der Waals surface area contributed by atoms with Gasteiger partial charge in [0.25, 0.3) is 5.91 Å². The summed E-state index contributed by atoms with van der Waals surface area (Å²) in [4.78, 5) is 26.2. The van der Waals surface area contributed by atoms with Gasteiger partial charge < -0.3 is 9.84 Å². The quantitative estimate of drug-likeness (QED) is 0.727. The first-order chi connectivity index (χ1) is 8.16. The molecule has 0 saturated carbocycles. The predicted octanol–water partition coefficient (Wildman–Crippen LogP) is 0.123. The van der Waals surface area contributed by atoms with Gasteiger partial charge in [0, 0.05) is 6.42 Å². The number of ether oxygens (including phenoxy) is 1. The van der Waals surface area contributed by atoms with E-state index >= 15 is 0 Å².